The molecule has 1 heterocycles. The van der Waals surface area contributed by atoms with E-state index >= 15 is 0 Å². The van der Waals surface area contributed by atoms with Crippen molar-refractivity contribution in [1.29, 1.82) is 0 Å². The number of hydrogen-bond donors (Lipinski definition) is 1. The molecule has 0 aliphatic heterocycles. The van der Waals surface area contributed by atoms with Crippen LogP contribution in [-0.4, -0.2) is 27.6 Å². The molecule has 3 rings (SSSR count). The molecule has 0 radical (unpaired) electrons. The van der Waals surface area contributed by atoms with Gasteiger partial charge >= 0.3 is 0 Å². The fourth-order valence-electron chi connectivity index (χ4n) is 3.69. The largest absolute Gasteiger partial charge is 0.313 e. The van der Waals surface area contributed by atoms with Crippen molar-refractivity contribution in [3.8, 4) is 0 Å². The Morgan fingerprint density at radius 2 is 1.96 bits per heavy atom. The lowest BCUT2D eigenvalue weighted by Crippen LogP contribution is -2.39. The summed E-state index contributed by atoms with van der Waals surface area (Å²) in [6.45, 7) is 1.99. The number of nitrogens with zero attached hydrogens (tertiary/aromatic N) is 3. The molecule has 23 heavy (non-hydrogen) atoms. The lowest BCUT2D eigenvalue weighted by atomic mass is 9.81. The zero-order chi connectivity index (χ0) is 15.7. The lowest BCUT2D eigenvalue weighted by Gasteiger charge is -2.31. The zero-order valence-electron chi connectivity index (χ0n) is 13.9. The van der Waals surface area contributed by atoms with Crippen molar-refractivity contribution in [2.45, 2.75) is 57.5 Å². The van der Waals surface area contributed by atoms with Crippen LogP contribution in [0.1, 0.15) is 44.1 Å². The van der Waals surface area contributed by atoms with Gasteiger partial charge in [0, 0.05) is 18.8 Å². The van der Waals surface area contributed by atoms with Gasteiger partial charge in [-0.3, -0.25) is 4.68 Å². The molecule has 1 N–H and O–H groups in total. The predicted molar refractivity (Wildman–Crippen MR) is 93.2 cm³/mol. The molecule has 0 spiro atoms. The van der Waals surface area contributed by atoms with Gasteiger partial charge in [-0.05, 0) is 43.7 Å². The summed E-state index contributed by atoms with van der Waals surface area (Å²) in [6, 6.07) is 11.5. The maximum absolute atomic E-state index is 4.03. The van der Waals surface area contributed by atoms with Crippen LogP contribution in [0.15, 0.2) is 42.7 Å². The Bertz CT molecular complexity index is 532. The van der Waals surface area contributed by atoms with E-state index in [4.69, 9.17) is 0 Å². The Morgan fingerprint density at radius 3 is 2.70 bits per heavy atom. The maximum atomic E-state index is 4.03. The summed E-state index contributed by atoms with van der Waals surface area (Å²) in [5.74, 6) is 0.829. The van der Waals surface area contributed by atoms with E-state index in [-0.39, 0.29) is 0 Å². The van der Waals surface area contributed by atoms with Gasteiger partial charge in [0.25, 0.3) is 0 Å². The van der Waals surface area contributed by atoms with E-state index in [1.165, 1.54) is 37.7 Å². The third kappa shape index (κ3) is 5.17. The second-order valence-corrected chi connectivity index (χ2v) is 6.67. The highest BCUT2D eigenvalue weighted by Gasteiger charge is 2.23. The first-order chi connectivity index (χ1) is 11.4. The van der Waals surface area contributed by atoms with Gasteiger partial charge in [-0.15, -0.1) is 5.10 Å². The molecular formula is C19H28N4. The van der Waals surface area contributed by atoms with E-state index in [0.717, 1.165) is 31.8 Å². The van der Waals surface area contributed by atoms with Crippen LogP contribution in [0.5, 0.6) is 0 Å². The first kappa shape index (κ1) is 16.2. The first-order valence-electron chi connectivity index (χ1n) is 9.03. The van der Waals surface area contributed by atoms with Crippen molar-refractivity contribution in [1.82, 2.24) is 20.3 Å². The first-order valence-corrected chi connectivity index (χ1v) is 9.03. The van der Waals surface area contributed by atoms with Crippen molar-refractivity contribution in [3.63, 3.8) is 0 Å². The van der Waals surface area contributed by atoms with Crippen LogP contribution in [0.3, 0.4) is 0 Å². The smallest absolute Gasteiger partial charge is 0.0692 e. The minimum atomic E-state index is 0.605. The van der Waals surface area contributed by atoms with Crippen LogP contribution in [-0.2, 0) is 13.0 Å². The Kier molecular flexibility index (Phi) is 6.21. The molecule has 1 fully saturated rings. The van der Waals surface area contributed by atoms with Crippen LogP contribution >= 0.6 is 0 Å². The molecular weight excluding hydrogens is 284 g/mol. The summed E-state index contributed by atoms with van der Waals surface area (Å²) >= 11 is 0. The number of aromatic nitrogens is 3. The molecule has 4 heteroatoms. The highest BCUT2D eigenvalue weighted by atomic mass is 15.4. The molecule has 2 aromatic rings. The van der Waals surface area contributed by atoms with E-state index in [1.54, 1.807) is 6.20 Å². The van der Waals surface area contributed by atoms with Crippen molar-refractivity contribution in [3.05, 3.63) is 48.3 Å². The normalized spacial score (nSPS) is 17.2. The monoisotopic (exact) mass is 312 g/mol. The number of aryl methyl sites for hydroxylation is 1. The minimum Gasteiger partial charge on any atom is -0.313 e. The molecule has 4 nitrogen and oxygen atoms in total. The second-order valence-electron chi connectivity index (χ2n) is 6.67. The third-order valence-electron chi connectivity index (χ3n) is 4.96. The van der Waals surface area contributed by atoms with E-state index in [9.17, 15) is 0 Å². The van der Waals surface area contributed by atoms with E-state index in [2.05, 4.69) is 46.0 Å². The molecule has 1 saturated carbocycles. The minimum absolute atomic E-state index is 0.605. The van der Waals surface area contributed by atoms with Gasteiger partial charge in [0.15, 0.2) is 0 Å². The van der Waals surface area contributed by atoms with Gasteiger partial charge in [0.1, 0.15) is 0 Å². The fourth-order valence-corrected chi connectivity index (χ4v) is 3.69. The molecule has 0 saturated heterocycles. The van der Waals surface area contributed by atoms with Gasteiger partial charge in [0.05, 0.1) is 6.20 Å². The fraction of sp³-hybridized carbons (Fsp3) is 0.579. The molecule has 1 aromatic heterocycles. The number of hydrogen-bond acceptors (Lipinski definition) is 3. The summed E-state index contributed by atoms with van der Waals surface area (Å²) in [4.78, 5) is 0. The van der Waals surface area contributed by atoms with Crippen LogP contribution in [0.25, 0.3) is 0 Å². The average molecular weight is 312 g/mol. The molecule has 1 aromatic carbocycles. The molecule has 124 valence electrons. The Labute approximate surface area is 139 Å². The zero-order valence-corrected chi connectivity index (χ0v) is 13.9. The summed E-state index contributed by atoms with van der Waals surface area (Å²) in [6.07, 6.45) is 12.9. The van der Waals surface area contributed by atoms with Gasteiger partial charge in [-0.25, -0.2) is 0 Å². The summed E-state index contributed by atoms with van der Waals surface area (Å²) < 4.78 is 1.91. The van der Waals surface area contributed by atoms with E-state index < -0.39 is 0 Å². The van der Waals surface area contributed by atoms with Crippen LogP contribution in [0.4, 0.5) is 0 Å². The van der Waals surface area contributed by atoms with Crippen LogP contribution in [0, 0.1) is 5.92 Å². The number of benzene rings is 1. The molecule has 1 aliphatic carbocycles. The highest BCUT2D eigenvalue weighted by molar-refractivity contribution is 5.16. The van der Waals surface area contributed by atoms with Gasteiger partial charge in [0.2, 0.25) is 0 Å². The standard InChI is InChI=1S/C19H28N4/c1-3-8-17(9-4-1)16-19(18-10-5-2-6-11-18)20-12-7-14-23-15-13-21-22-23/h1,3-4,8-9,13,15,18-20H,2,5-7,10-12,14,16H2. The summed E-state index contributed by atoms with van der Waals surface area (Å²) in [5.41, 5.74) is 1.45. The van der Waals surface area contributed by atoms with Crippen molar-refractivity contribution in [2.24, 2.45) is 5.92 Å². The molecule has 0 amide bonds. The summed E-state index contributed by atoms with van der Waals surface area (Å²) in [5, 5.41) is 11.7. The Morgan fingerprint density at radius 1 is 1.13 bits per heavy atom. The van der Waals surface area contributed by atoms with Crippen molar-refractivity contribution in [2.75, 3.05) is 6.54 Å². The lowest BCUT2D eigenvalue weighted by molar-refractivity contribution is 0.265. The van der Waals surface area contributed by atoms with E-state index in [1.807, 2.05) is 10.9 Å². The molecule has 1 unspecified atom stereocenters. The molecule has 0 bridgehead atoms. The molecule has 1 aliphatic rings. The second kappa shape index (κ2) is 8.82. The number of rotatable bonds is 8. The number of nitrogens with one attached hydrogen (secondary N) is 1. The van der Waals surface area contributed by atoms with Crippen molar-refractivity contribution >= 4 is 0 Å². The predicted octanol–water partition coefficient (Wildman–Crippen LogP) is 3.45. The topological polar surface area (TPSA) is 42.7 Å². The van der Waals surface area contributed by atoms with Gasteiger partial charge < -0.3 is 5.32 Å². The van der Waals surface area contributed by atoms with Crippen LogP contribution < -0.4 is 5.32 Å². The van der Waals surface area contributed by atoms with E-state index in [0.29, 0.717) is 6.04 Å². The summed E-state index contributed by atoms with van der Waals surface area (Å²) in [7, 11) is 0. The Balaban J connectivity index is 1.51. The quantitative estimate of drug-likeness (QED) is 0.759. The maximum Gasteiger partial charge on any atom is 0.0692 e. The third-order valence-corrected chi connectivity index (χ3v) is 4.96. The van der Waals surface area contributed by atoms with Crippen LogP contribution in [0.2, 0.25) is 0 Å². The van der Waals surface area contributed by atoms with Gasteiger partial charge in [-0.1, -0.05) is 54.8 Å². The SMILES string of the molecule is c1ccc(CC(NCCCn2ccnn2)C2CCCCC2)cc1. The van der Waals surface area contributed by atoms with Gasteiger partial charge in [-0.2, -0.15) is 0 Å². The highest BCUT2D eigenvalue weighted by Crippen LogP contribution is 2.28. The van der Waals surface area contributed by atoms with Crippen molar-refractivity contribution < 1.29 is 0 Å². The Hall–Kier alpha value is -1.68. The average Bonchev–Trinajstić information content (AvgIpc) is 3.13. The molecule has 1 atom stereocenters.